The van der Waals surface area contributed by atoms with Gasteiger partial charge in [-0.2, -0.15) is 4.98 Å². The van der Waals surface area contributed by atoms with Crippen LogP contribution in [0.25, 0.3) is 11.1 Å². The van der Waals surface area contributed by atoms with Crippen LogP contribution in [0.1, 0.15) is 25.7 Å². The number of hydrogen-bond acceptors (Lipinski definition) is 5. The van der Waals surface area contributed by atoms with Crippen molar-refractivity contribution in [3.05, 3.63) is 24.3 Å². The van der Waals surface area contributed by atoms with Gasteiger partial charge in [-0.05, 0) is 37.8 Å². The molecule has 0 radical (unpaired) electrons. The Labute approximate surface area is 130 Å². The van der Waals surface area contributed by atoms with Crippen LogP contribution < -0.4 is 4.90 Å². The van der Waals surface area contributed by atoms with Crippen LogP contribution in [0.4, 0.5) is 6.01 Å². The molecule has 3 heterocycles. The zero-order valence-electron chi connectivity index (χ0n) is 12.7. The van der Waals surface area contributed by atoms with Crippen LogP contribution in [-0.2, 0) is 9.47 Å². The van der Waals surface area contributed by atoms with E-state index in [0.717, 1.165) is 63.1 Å². The van der Waals surface area contributed by atoms with E-state index in [9.17, 15) is 0 Å². The summed E-state index contributed by atoms with van der Waals surface area (Å²) in [5.74, 6) is 0. The lowest BCUT2D eigenvalue weighted by molar-refractivity contribution is 0.0983. The molecular formula is C17H22N2O3. The van der Waals surface area contributed by atoms with Crippen molar-refractivity contribution in [1.29, 1.82) is 0 Å². The molecule has 2 fully saturated rings. The lowest BCUT2D eigenvalue weighted by Gasteiger charge is -2.26. The fraction of sp³-hybridized carbons (Fsp3) is 0.588. The Bertz CT molecular complexity index is 564. The lowest BCUT2D eigenvalue weighted by Crippen LogP contribution is -2.38. The second-order valence-corrected chi connectivity index (χ2v) is 6.14. The third kappa shape index (κ3) is 2.96. The van der Waals surface area contributed by atoms with Gasteiger partial charge in [-0.3, -0.25) is 0 Å². The third-order valence-electron chi connectivity index (χ3n) is 4.45. The van der Waals surface area contributed by atoms with Crippen molar-refractivity contribution in [1.82, 2.24) is 4.98 Å². The van der Waals surface area contributed by atoms with Crippen LogP contribution >= 0.6 is 0 Å². The zero-order chi connectivity index (χ0) is 14.8. The lowest BCUT2D eigenvalue weighted by atomic mass is 10.2. The minimum atomic E-state index is 0.274. The summed E-state index contributed by atoms with van der Waals surface area (Å²) in [6, 6.07) is 8.59. The molecule has 2 atom stereocenters. The summed E-state index contributed by atoms with van der Waals surface area (Å²) in [6.07, 6.45) is 5.07. The molecule has 5 nitrogen and oxygen atoms in total. The quantitative estimate of drug-likeness (QED) is 0.849. The van der Waals surface area contributed by atoms with Crippen molar-refractivity contribution >= 4 is 17.1 Å². The van der Waals surface area contributed by atoms with E-state index < -0.39 is 0 Å². The van der Waals surface area contributed by atoms with Crippen LogP contribution in [0.2, 0.25) is 0 Å². The average Bonchev–Trinajstić information content (AvgIpc) is 3.28. The number of para-hydroxylation sites is 2. The molecule has 2 saturated heterocycles. The van der Waals surface area contributed by atoms with Gasteiger partial charge < -0.3 is 18.8 Å². The Hall–Kier alpha value is -1.59. The highest BCUT2D eigenvalue weighted by Gasteiger charge is 2.26. The maximum Gasteiger partial charge on any atom is 0.298 e. The second kappa shape index (κ2) is 6.26. The molecular weight excluding hydrogens is 280 g/mol. The number of anilines is 1. The molecule has 22 heavy (non-hydrogen) atoms. The van der Waals surface area contributed by atoms with E-state index in [2.05, 4.69) is 9.88 Å². The first kappa shape index (κ1) is 14.0. The molecule has 0 N–H and O–H groups in total. The summed E-state index contributed by atoms with van der Waals surface area (Å²) in [5.41, 5.74) is 1.74. The largest absolute Gasteiger partial charge is 0.423 e. The maximum absolute atomic E-state index is 5.95. The van der Waals surface area contributed by atoms with Crippen molar-refractivity contribution in [3.8, 4) is 0 Å². The van der Waals surface area contributed by atoms with Crippen molar-refractivity contribution in [2.75, 3.05) is 31.2 Å². The van der Waals surface area contributed by atoms with E-state index in [1.807, 2.05) is 24.3 Å². The number of fused-ring (bicyclic) bond motifs is 1. The third-order valence-corrected chi connectivity index (χ3v) is 4.45. The number of nitrogens with zero attached hydrogens (tertiary/aromatic N) is 2. The molecule has 2 aliphatic rings. The second-order valence-electron chi connectivity index (χ2n) is 6.14. The van der Waals surface area contributed by atoms with Gasteiger partial charge in [0, 0.05) is 26.3 Å². The summed E-state index contributed by atoms with van der Waals surface area (Å²) in [6.45, 7) is 3.39. The Morgan fingerprint density at radius 1 is 1.00 bits per heavy atom. The molecule has 0 saturated carbocycles. The van der Waals surface area contributed by atoms with Crippen molar-refractivity contribution in [2.45, 2.75) is 37.9 Å². The van der Waals surface area contributed by atoms with Crippen LogP contribution in [-0.4, -0.2) is 43.5 Å². The average molecular weight is 302 g/mol. The minimum absolute atomic E-state index is 0.274. The number of hydrogen-bond donors (Lipinski definition) is 0. The number of oxazole rings is 1. The molecule has 1 aromatic heterocycles. The first-order valence-corrected chi connectivity index (χ1v) is 8.22. The molecule has 0 spiro atoms. The number of rotatable bonds is 5. The SMILES string of the molecule is c1ccc2oc(N(CC3CCCO3)CC3CCCO3)nc2c1. The maximum atomic E-state index is 5.95. The van der Waals surface area contributed by atoms with Crippen LogP contribution in [0, 0.1) is 0 Å². The van der Waals surface area contributed by atoms with E-state index in [4.69, 9.17) is 13.9 Å². The van der Waals surface area contributed by atoms with Gasteiger partial charge in [0.2, 0.25) is 0 Å². The molecule has 2 unspecified atom stereocenters. The van der Waals surface area contributed by atoms with Crippen LogP contribution in [0.5, 0.6) is 0 Å². The molecule has 2 aliphatic heterocycles. The van der Waals surface area contributed by atoms with E-state index in [1.165, 1.54) is 0 Å². The molecule has 0 amide bonds. The van der Waals surface area contributed by atoms with E-state index >= 15 is 0 Å². The highest BCUT2D eigenvalue weighted by molar-refractivity contribution is 5.74. The van der Waals surface area contributed by atoms with E-state index in [-0.39, 0.29) is 12.2 Å². The first-order chi connectivity index (χ1) is 10.9. The van der Waals surface area contributed by atoms with Crippen LogP contribution in [0.15, 0.2) is 28.7 Å². The van der Waals surface area contributed by atoms with Crippen LogP contribution in [0.3, 0.4) is 0 Å². The van der Waals surface area contributed by atoms with Gasteiger partial charge in [0.05, 0.1) is 12.2 Å². The van der Waals surface area contributed by atoms with Gasteiger partial charge in [-0.1, -0.05) is 12.1 Å². The van der Waals surface area contributed by atoms with Crippen molar-refractivity contribution in [3.63, 3.8) is 0 Å². The standard InChI is InChI=1S/C17H22N2O3/c1-2-8-16-15(7-1)18-17(22-16)19(11-13-5-3-9-20-13)12-14-6-4-10-21-14/h1-2,7-8,13-14H,3-6,9-12H2. The highest BCUT2D eigenvalue weighted by atomic mass is 16.5. The van der Waals surface area contributed by atoms with Gasteiger partial charge in [0.15, 0.2) is 5.58 Å². The van der Waals surface area contributed by atoms with E-state index in [0.29, 0.717) is 6.01 Å². The topological polar surface area (TPSA) is 47.7 Å². The summed E-state index contributed by atoms with van der Waals surface area (Å²) in [5, 5.41) is 0. The number of aromatic nitrogens is 1. The summed E-state index contributed by atoms with van der Waals surface area (Å²) >= 11 is 0. The smallest absolute Gasteiger partial charge is 0.298 e. The highest BCUT2D eigenvalue weighted by Crippen LogP contribution is 2.25. The predicted molar refractivity (Wildman–Crippen MR) is 84.2 cm³/mol. The van der Waals surface area contributed by atoms with Gasteiger partial charge in [0.25, 0.3) is 6.01 Å². The van der Waals surface area contributed by atoms with Crippen molar-refractivity contribution < 1.29 is 13.9 Å². The Morgan fingerprint density at radius 2 is 1.68 bits per heavy atom. The molecule has 4 rings (SSSR count). The molecule has 0 aliphatic carbocycles. The predicted octanol–water partition coefficient (Wildman–Crippen LogP) is 2.99. The van der Waals surface area contributed by atoms with E-state index in [1.54, 1.807) is 0 Å². The van der Waals surface area contributed by atoms with Crippen molar-refractivity contribution in [2.24, 2.45) is 0 Å². The molecule has 1 aromatic carbocycles. The normalized spacial score (nSPS) is 25.1. The van der Waals surface area contributed by atoms with Gasteiger partial charge in [-0.25, -0.2) is 0 Å². The molecule has 0 bridgehead atoms. The zero-order valence-corrected chi connectivity index (χ0v) is 12.7. The molecule has 5 heteroatoms. The summed E-state index contributed by atoms with van der Waals surface area (Å²) in [7, 11) is 0. The molecule has 2 aromatic rings. The molecule has 118 valence electrons. The number of benzene rings is 1. The first-order valence-electron chi connectivity index (χ1n) is 8.22. The van der Waals surface area contributed by atoms with Gasteiger partial charge in [0.1, 0.15) is 5.52 Å². The Morgan fingerprint density at radius 3 is 2.27 bits per heavy atom. The van der Waals surface area contributed by atoms with Gasteiger partial charge in [-0.15, -0.1) is 0 Å². The summed E-state index contributed by atoms with van der Waals surface area (Å²) < 4.78 is 17.5. The number of ether oxygens (including phenoxy) is 2. The van der Waals surface area contributed by atoms with Gasteiger partial charge >= 0.3 is 0 Å². The Kier molecular flexibility index (Phi) is 3.99. The minimum Gasteiger partial charge on any atom is -0.423 e. The summed E-state index contributed by atoms with van der Waals surface area (Å²) in [4.78, 5) is 6.85. The fourth-order valence-electron chi connectivity index (χ4n) is 3.29. The monoisotopic (exact) mass is 302 g/mol. The Balaban J connectivity index is 1.56. The fourth-order valence-corrected chi connectivity index (χ4v) is 3.29.